The summed E-state index contributed by atoms with van der Waals surface area (Å²) in [5.74, 6) is -0.641. The number of rotatable bonds is 10. The van der Waals surface area contributed by atoms with Gasteiger partial charge in [-0.25, -0.2) is 4.79 Å². The number of para-hydroxylation sites is 1. The molecule has 2 aromatic rings. The minimum atomic E-state index is -0.852. The fraction of sp³-hybridized carbons (Fsp3) is 0.483. The fourth-order valence-corrected chi connectivity index (χ4v) is 3.92. The minimum Gasteiger partial charge on any atom is -0.444 e. The van der Waals surface area contributed by atoms with Crippen molar-refractivity contribution in [2.24, 2.45) is 0 Å². The van der Waals surface area contributed by atoms with Crippen molar-refractivity contribution in [3.05, 3.63) is 64.7 Å². The number of alkyl carbamates (subject to hydrolysis) is 1. The topological polar surface area (TPSA) is 87.7 Å². The monoisotopic (exact) mass is 495 g/mol. The maximum atomic E-state index is 13.8. The largest absolute Gasteiger partial charge is 0.444 e. The Balaban J connectivity index is 2.39. The van der Waals surface area contributed by atoms with Crippen LogP contribution in [0.3, 0.4) is 0 Å². The zero-order valence-electron chi connectivity index (χ0n) is 22.7. The lowest BCUT2D eigenvalue weighted by molar-refractivity contribution is -0.138. The second kappa shape index (κ2) is 13.1. The predicted molar refractivity (Wildman–Crippen MR) is 144 cm³/mol. The summed E-state index contributed by atoms with van der Waals surface area (Å²) in [7, 11) is 0. The van der Waals surface area contributed by atoms with Crippen LogP contribution in [0.25, 0.3) is 0 Å². The van der Waals surface area contributed by atoms with Gasteiger partial charge in [-0.15, -0.1) is 0 Å². The van der Waals surface area contributed by atoms with Crippen LogP contribution in [0, 0.1) is 20.8 Å². The zero-order valence-corrected chi connectivity index (χ0v) is 22.7. The third-order valence-electron chi connectivity index (χ3n) is 5.79. The average Bonchev–Trinajstić information content (AvgIpc) is 2.79. The Morgan fingerprint density at radius 2 is 1.56 bits per heavy atom. The van der Waals surface area contributed by atoms with Crippen molar-refractivity contribution in [1.82, 2.24) is 10.2 Å². The van der Waals surface area contributed by atoms with Crippen LogP contribution in [0.5, 0.6) is 0 Å². The predicted octanol–water partition coefficient (Wildman–Crippen LogP) is 5.84. The number of hydrogen-bond acceptors (Lipinski definition) is 4. The molecule has 0 bridgehead atoms. The number of benzene rings is 2. The molecule has 1 atom stereocenters. The molecule has 0 aliphatic rings. The third-order valence-corrected chi connectivity index (χ3v) is 5.79. The van der Waals surface area contributed by atoms with Gasteiger partial charge in [-0.1, -0.05) is 67.8 Å². The van der Waals surface area contributed by atoms with Gasteiger partial charge in [0.25, 0.3) is 5.91 Å². The maximum Gasteiger partial charge on any atom is 0.408 e. The quantitative estimate of drug-likeness (QED) is 0.406. The Bertz CT molecular complexity index is 1020. The summed E-state index contributed by atoms with van der Waals surface area (Å²) in [4.78, 5) is 41.0. The van der Waals surface area contributed by atoms with Crippen LogP contribution < -0.4 is 10.6 Å². The number of carbonyl (C=O) groups is 3. The summed E-state index contributed by atoms with van der Waals surface area (Å²) in [6, 6.07) is 12.6. The Kier molecular flexibility index (Phi) is 10.5. The van der Waals surface area contributed by atoms with E-state index < -0.39 is 17.7 Å². The van der Waals surface area contributed by atoms with E-state index >= 15 is 0 Å². The number of aryl methyl sites for hydroxylation is 3. The van der Waals surface area contributed by atoms with Gasteiger partial charge in [0.1, 0.15) is 18.2 Å². The normalized spacial score (nSPS) is 12.0. The lowest BCUT2D eigenvalue weighted by Crippen LogP contribution is -2.47. The van der Waals surface area contributed by atoms with Gasteiger partial charge in [0.15, 0.2) is 0 Å². The van der Waals surface area contributed by atoms with Gasteiger partial charge in [0.2, 0.25) is 5.91 Å². The van der Waals surface area contributed by atoms with Gasteiger partial charge in [-0.05, 0) is 64.7 Å². The summed E-state index contributed by atoms with van der Waals surface area (Å²) >= 11 is 0. The zero-order chi connectivity index (χ0) is 26.9. The molecule has 0 heterocycles. The molecule has 0 radical (unpaired) electrons. The first-order valence-corrected chi connectivity index (χ1v) is 12.6. The SMILES string of the molecule is CCCCCN(C(=O)CNC(=O)OC(C)(C)C)C(C(=O)Nc1c(C)cccc1C)c1ccc(C)cc1. The van der Waals surface area contributed by atoms with Crippen molar-refractivity contribution >= 4 is 23.6 Å². The van der Waals surface area contributed by atoms with E-state index in [1.54, 1.807) is 25.7 Å². The molecule has 0 saturated carbocycles. The summed E-state index contributed by atoms with van der Waals surface area (Å²) in [5, 5.41) is 5.62. The number of nitrogens with one attached hydrogen (secondary N) is 2. The first-order chi connectivity index (χ1) is 16.9. The summed E-state index contributed by atoms with van der Waals surface area (Å²) < 4.78 is 5.28. The molecule has 0 aliphatic heterocycles. The van der Waals surface area contributed by atoms with Crippen molar-refractivity contribution in [3.63, 3.8) is 0 Å². The van der Waals surface area contributed by atoms with Gasteiger partial charge in [-0.2, -0.15) is 0 Å². The lowest BCUT2D eigenvalue weighted by Gasteiger charge is -2.32. The highest BCUT2D eigenvalue weighted by Crippen LogP contribution is 2.27. The standard InChI is InChI=1S/C29H41N3O4/c1-8-9-10-18-32(24(33)19-30-28(35)36-29(5,6)7)26(23-16-14-20(2)15-17-23)27(34)31-25-21(3)12-11-13-22(25)4/h11-17,26H,8-10,18-19H2,1-7H3,(H,30,35)(H,31,34). The van der Waals surface area contributed by atoms with Crippen LogP contribution >= 0.6 is 0 Å². The molecule has 36 heavy (non-hydrogen) atoms. The second-order valence-corrected chi connectivity index (χ2v) is 10.2. The van der Waals surface area contributed by atoms with E-state index in [4.69, 9.17) is 4.74 Å². The highest BCUT2D eigenvalue weighted by atomic mass is 16.6. The molecule has 7 heteroatoms. The van der Waals surface area contributed by atoms with E-state index in [1.165, 1.54) is 0 Å². The van der Waals surface area contributed by atoms with Gasteiger partial charge in [0.05, 0.1) is 0 Å². The van der Waals surface area contributed by atoms with Gasteiger partial charge in [0, 0.05) is 12.2 Å². The molecular weight excluding hydrogens is 454 g/mol. The molecule has 0 aromatic heterocycles. The van der Waals surface area contributed by atoms with Crippen molar-refractivity contribution in [2.75, 3.05) is 18.4 Å². The van der Waals surface area contributed by atoms with Crippen LogP contribution in [0.1, 0.15) is 75.3 Å². The number of anilines is 1. The number of amides is 3. The third kappa shape index (κ3) is 8.70. The Hall–Kier alpha value is -3.35. The van der Waals surface area contributed by atoms with E-state index in [0.717, 1.165) is 41.6 Å². The molecule has 196 valence electrons. The van der Waals surface area contributed by atoms with E-state index in [1.807, 2.05) is 63.2 Å². The van der Waals surface area contributed by atoms with Crippen molar-refractivity contribution in [2.45, 2.75) is 79.4 Å². The van der Waals surface area contributed by atoms with E-state index in [-0.39, 0.29) is 18.4 Å². The average molecular weight is 496 g/mol. The maximum absolute atomic E-state index is 13.8. The molecule has 0 spiro atoms. The van der Waals surface area contributed by atoms with Crippen LogP contribution in [-0.2, 0) is 14.3 Å². The van der Waals surface area contributed by atoms with Crippen molar-refractivity contribution in [1.29, 1.82) is 0 Å². The highest BCUT2D eigenvalue weighted by molar-refractivity contribution is 5.99. The minimum absolute atomic E-state index is 0.264. The molecule has 0 fully saturated rings. The Morgan fingerprint density at radius 1 is 0.944 bits per heavy atom. The molecule has 3 amide bonds. The van der Waals surface area contributed by atoms with Gasteiger partial charge >= 0.3 is 6.09 Å². The van der Waals surface area contributed by atoms with Crippen LogP contribution in [-0.4, -0.2) is 41.5 Å². The molecule has 2 aromatic carbocycles. The summed E-state index contributed by atoms with van der Waals surface area (Å²) in [5.41, 5.74) is 3.73. The van der Waals surface area contributed by atoms with Crippen molar-refractivity contribution < 1.29 is 19.1 Å². The Labute approximate surface area is 215 Å². The molecular formula is C29H41N3O4. The fourth-order valence-electron chi connectivity index (χ4n) is 3.92. The molecule has 0 saturated heterocycles. The molecule has 0 aliphatic carbocycles. The van der Waals surface area contributed by atoms with E-state index in [0.29, 0.717) is 12.1 Å². The molecule has 2 N–H and O–H groups in total. The number of hydrogen-bond donors (Lipinski definition) is 2. The summed E-state index contributed by atoms with van der Waals surface area (Å²) in [6.45, 7) is 13.4. The molecule has 7 nitrogen and oxygen atoms in total. The van der Waals surface area contributed by atoms with Gasteiger partial charge < -0.3 is 20.3 Å². The number of unbranched alkanes of at least 4 members (excludes halogenated alkanes) is 2. The number of carbonyl (C=O) groups excluding carboxylic acids is 3. The number of ether oxygens (including phenoxy) is 1. The smallest absolute Gasteiger partial charge is 0.408 e. The first-order valence-electron chi connectivity index (χ1n) is 12.6. The Morgan fingerprint density at radius 3 is 2.11 bits per heavy atom. The first kappa shape index (κ1) is 28.9. The van der Waals surface area contributed by atoms with Crippen LogP contribution in [0.4, 0.5) is 10.5 Å². The van der Waals surface area contributed by atoms with Crippen LogP contribution in [0.15, 0.2) is 42.5 Å². The highest BCUT2D eigenvalue weighted by Gasteiger charge is 2.32. The number of nitrogens with zero attached hydrogens (tertiary/aromatic N) is 1. The van der Waals surface area contributed by atoms with Crippen molar-refractivity contribution in [3.8, 4) is 0 Å². The second-order valence-electron chi connectivity index (χ2n) is 10.2. The molecule has 1 unspecified atom stereocenters. The van der Waals surface area contributed by atoms with Crippen LogP contribution in [0.2, 0.25) is 0 Å². The van der Waals surface area contributed by atoms with Gasteiger partial charge in [-0.3, -0.25) is 9.59 Å². The summed E-state index contributed by atoms with van der Waals surface area (Å²) in [6.07, 6.45) is 1.97. The lowest BCUT2D eigenvalue weighted by atomic mass is 10.0. The molecule has 2 rings (SSSR count). The van der Waals surface area contributed by atoms with E-state index in [2.05, 4.69) is 17.6 Å². The van der Waals surface area contributed by atoms with E-state index in [9.17, 15) is 14.4 Å².